The van der Waals surface area contributed by atoms with Gasteiger partial charge in [-0.1, -0.05) is 0 Å². The molecule has 1 aromatic heterocycles. The van der Waals surface area contributed by atoms with Crippen molar-refractivity contribution in [3.63, 3.8) is 0 Å². The minimum absolute atomic E-state index is 0.0287. The van der Waals surface area contributed by atoms with Crippen LogP contribution < -0.4 is 0 Å². The van der Waals surface area contributed by atoms with Crippen molar-refractivity contribution in [3.05, 3.63) is 23.7 Å². The van der Waals surface area contributed by atoms with Crippen LogP contribution >= 0.6 is 0 Å². The normalized spacial score (nSPS) is 24.0. The number of hydrogen-bond donors (Lipinski definition) is 1. The van der Waals surface area contributed by atoms with Gasteiger partial charge in [0, 0.05) is 6.54 Å². The Labute approximate surface area is 104 Å². The van der Waals surface area contributed by atoms with Crippen LogP contribution in [0.2, 0.25) is 0 Å². The molecule has 2 atom stereocenters. The molecule has 6 nitrogen and oxygen atoms in total. The first-order valence-corrected chi connectivity index (χ1v) is 5.74. The van der Waals surface area contributed by atoms with E-state index in [9.17, 15) is 9.59 Å². The topological polar surface area (TPSA) is 80.0 Å². The summed E-state index contributed by atoms with van der Waals surface area (Å²) in [5.41, 5.74) is 0. The van der Waals surface area contributed by atoms with Gasteiger partial charge < -0.3 is 19.2 Å². The SMILES string of the molecule is C[C@@H]1CN(C(=O)c2ccc(C(=O)O)o2)[C@H](C)CO1. The molecule has 1 fully saturated rings. The van der Waals surface area contributed by atoms with Gasteiger partial charge in [0.25, 0.3) is 5.91 Å². The molecule has 0 radical (unpaired) electrons. The number of amides is 1. The molecule has 98 valence electrons. The Kier molecular flexibility index (Phi) is 3.38. The molecule has 0 spiro atoms. The van der Waals surface area contributed by atoms with Crippen LogP contribution in [0.1, 0.15) is 35.0 Å². The molecule has 0 aromatic carbocycles. The van der Waals surface area contributed by atoms with Crippen LogP contribution in [0.3, 0.4) is 0 Å². The Balaban J connectivity index is 2.16. The van der Waals surface area contributed by atoms with Gasteiger partial charge in [-0.25, -0.2) is 4.79 Å². The fourth-order valence-corrected chi connectivity index (χ4v) is 1.90. The highest BCUT2D eigenvalue weighted by atomic mass is 16.5. The fourth-order valence-electron chi connectivity index (χ4n) is 1.90. The van der Waals surface area contributed by atoms with Crippen LogP contribution in [0.15, 0.2) is 16.5 Å². The van der Waals surface area contributed by atoms with Crippen LogP contribution in [-0.4, -0.2) is 47.2 Å². The Morgan fingerprint density at radius 3 is 2.61 bits per heavy atom. The smallest absolute Gasteiger partial charge is 0.371 e. The lowest BCUT2D eigenvalue weighted by molar-refractivity contribution is -0.0396. The van der Waals surface area contributed by atoms with E-state index < -0.39 is 5.97 Å². The number of carbonyl (C=O) groups is 2. The second-order valence-corrected chi connectivity index (χ2v) is 4.42. The second-order valence-electron chi connectivity index (χ2n) is 4.42. The zero-order valence-corrected chi connectivity index (χ0v) is 10.3. The average molecular weight is 253 g/mol. The summed E-state index contributed by atoms with van der Waals surface area (Å²) in [6.07, 6.45) is -0.0287. The predicted molar refractivity (Wildman–Crippen MR) is 61.6 cm³/mol. The lowest BCUT2D eigenvalue weighted by atomic mass is 10.2. The number of carboxylic acids is 1. The van der Waals surface area contributed by atoms with Gasteiger partial charge >= 0.3 is 5.97 Å². The van der Waals surface area contributed by atoms with Crippen molar-refractivity contribution in [2.75, 3.05) is 13.2 Å². The van der Waals surface area contributed by atoms with E-state index >= 15 is 0 Å². The van der Waals surface area contributed by atoms with E-state index in [1.807, 2.05) is 13.8 Å². The maximum Gasteiger partial charge on any atom is 0.371 e. The molecule has 1 saturated heterocycles. The molecule has 0 aliphatic carbocycles. The molecule has 0 unspecified atom stereocenters. The van der Waals surface area contributed by atoms with Gasteiger partial charge in [-0.05, 0) is 26.0 Å². The number of carboxylic acid groups (broad SMARTS) is 1. The third kappa shape index (κ3) is 2.38. The molecule has 2 rings (SSSR count). The minimum Gasteiger partial charge on any atom is -0.475 e. The maximum atomic E-state index is 12.2. The number of rotatable bonds is 2. The quantitative estimate of drug-likeness (QED) is 0.857. The monoisotopic (exact) mass is 253 g/mol. The van der Waals surface area contributed by atoms with E-state index in [-0.39, 0.29) is 29.6 Å². The van der Waals surface area contributed by atoms with E-state index in [0.717, 1.165) is 0 Å². The van der Waals surface area contributed by atoms with E-state index in [1.165, 1.54) is 12.1 Å². The third-order valence-electron chi connectivity index (χ3n) is 2.90. The minimum atomic E-state index is -1.18. The zero-order chi connectivity index (χ0) is 13.3. The summed E-state index contributed by atoms with van der Waals surface area (Å²) in [4.78, 5) is 24.5. The Morgan fingerprint density at radius 2 is 2.00 bits per heavy atom. The van der Waals surface area contributed by atoms with Gasteiger partial charge in [-0.2, -0.15) is 0 Å². The van der Waals surface area contributed by atoms with E-state index in [4.69, 9.17) is 14.3 Å². The summed E-state index contributed by atoms with van der Waals surface area (Å²) >= 11 is 0. The molecule has 6 heteroatoms. The van der Waals surface area contributed by atoms with Crippen molar-refractivity contribution >= 4 is 11.9 Å². The van der Waals surface area contributed by atoms with E-state index in [2.05, 4.69) is 0 Å². The number of carbonyl (C=O) groups excluding carboxylic acids is 1. The molecule has 1 aliphatic heterocycles. The van der Waals surface area contributed by atoms with Crippen molar-refractivity contribution in [1.82, 2.24) is 4.90 Å². The number of aromatic carboxylic acids is 1. The highest BCUT2D eigenvalue weighted by Crippen LogP contribution is 2.17. The first-order chi connectivity index (χ1) is 8.49. The highest BCUT2D eigenvalue weighted by molar-refractivity contribution is 5.93. The Hall–Kier alpha value is -1.82. The molecule has 1 aromatic rings. The molecule has 2 heterocycles. The summed E-state index contributed by atoms with van der Waals surface area (Å²) < 4.78 is 10.4. The molecule has 0 bridgehead atoms. The van der Waals surface area contributed by atoms with Crippen LogP contribution in [0.4, 0.5) is 0 Å². The number of morpholine rings is 1. The Bertz CT molecular complexity index is 467. The highest BCUT2D eigenvalue weighted by Gasteiger charge is 2.30. The summed E-state index contributed by atoms with van der Waals surface area (Å²) in [6.45, 7) is 4.71. The lowest BCUT2D eigenvalue weighted by Crippen LogP contribution is -2.50. The molecule has 0 saturated carbocycles. The van der Waals surface area contributed by atoms with Crippen molar-refractivity contribution in [2.24, 2.45) is 0 Å². The van der Waals surface area contributed by atoms with Gasteiger partial charge in [0.05, 0.1) is 18.8 Å². The molecule has 1 N–H and O–H groups in total. The van der Waals surface area contributed by atoms with Gasteiger partial charge in [-0.15, -0.1) is 0 Å². The number of ether oxygens (including phenoxy) is 1. The summed E-state index contributed by atoms with van der Waals surface area (Å²) in [7, 11) is 0. The second kappa shape index (κ2) is 4.81. The van der Waals surface area contributed by atoms with Crippen molar-refractivity contribution < 1.29 is 23.8 Å². The molecule has 1 amide bonds. The number of nitrogens with zero attached hydrogens (tertiary/aromatic N) is 1. The summed E-state index contributed by atoms with van der Waals surface area (Å²) in [5.74, 6) is -1.66. The Morgan fingerprint density at radius 1 is 1.33 bits per heavy atom. The van der Waals surface area contributed by atoms with Gasteiger partial charge in [0.15, 0.2) is 5.76 Å². The molecular formula is C12H15NO5. The van der Waals surface area contributed by atoms with Gasteiger partial charge in [0.2, 0.25) is 5.76 Å². The zero-order valence-electron chi connectivity index (χ0n) is 10.3. The predicted octanol–water partition coefficient (Wildman–Crippen LogP) is 1.23. The van der Waals surface area contributed by atoms with Crippen molar-refractivity contribution in [3.8, 4) is 0 Å². The standard InChI is InChI=1S/C12H15NO5/c1-7-6-17-8(2)5-13(7)11(14)9-3-4-10(18-9)12(15)16/h3-4,7-8H,5-6H2,1-2H3,(H,15,16)/t7-,8-/m1/s1. The summed E-state index contributed by atoms with van der Waals surface area (Å²) in [6, 6.07) is 2.62. The van der Waals surface area contributed by atoms with Crippen molar-refractivity contribution in [1.29, 1.82) is 0 Å². The van der Waals surface area contributed by atoms with Crippen LogP contribution in [-0.2, 0) is 4.74 Å². The maximum absolute atomic E-state index is 12.2. The van der Waals surface area contributed by atoms with E-state index in [1.54, 1.807) is 4.90 Å². The number of hydrogen-bond acceptors (Lipinski definition) is 4. The van der Waals surface area contributed by atoms with Gasteiger partial charge in [-0.3, -0.25) is 4.79 Å². The first kappa shape index (κ1) is 12.6. The number of furan rings is 1. The summed E-state index contributed by atoms with van der Waals surface area (Å²) in [5, 5.41) is 8.75. The third-order valence-corrected chi connectivity index (χ3v) is 2.90. The molecular weight excluding hydrogens is 238 g/mol. The fraction of sp³-hybridized carbons (Fsp3) is 0.500. The van der Waals surface area contributed by atoms with Gasteiger partial charge in [0.1, 0.15) is 0 Å². The van der Waals surface area contributed by atoms with E-state index in [0.29, 0.717) is 13.2 Å². The van der Waals surface area contributed by atoms with Crippen LogP contribution in [0.5, 0.6) is 0 Å². The largest absolute Gasteiger partial charge is 0.475 e. The first-order valence-electron chi connectivity index (χ1n) is 5.74. The molecule has 1 aliphatic rings. The van der Waals surface area contributed by atoms with Crippen LogP contribution in [0, 0.1) is 0 Å². The van der Waals surface area contributed by atoms with Crippen LogP contribution in [0.25, 0.3) is 0 Å². The molecule has 18 heavy (non-hydrogen) atoms. The lowest BCUT2D eigenvalue weighted by Gasteiger charge is -2.36. The van der Waals surface area contributed by atoms with Crippen molar-refractivity contribution in [2.45, 2.75) is 26.0 Å². The average Bonchev–Trinajstić information content (AvgIpc) is 2.81.